The molecule has 1 atom stereocenters. The van der Waals surface area contributed by atoms with Crippen LogP contribution in [-0.2, 0) is 4.79 Å². The van der Waals surface area contributed by atoms with E-state index in [0.29, 0.717) is 13.1 Å². The van der Waals surface area contributed by atoms with Crippen LogP contribution in [0.3, 0.4) is 0 Å². The van der Waals surface area contributed by atoms with E-state index in [-0.39, 0.29) is 23.9 Å². The van der Waals surface area contributed by atoms with E-state index in [1.54, 1.807) is 0 Å². The molecule has 7 heteroatoms. The van der Waals surface area contributed by atoms with Crippen LogP contribution in [0.2, 0.25) is 0 Å². The predicted octanol–water partition coefficient (Wildman–Crippen LogP) is 2.43. The molecule has 140 valence electrons. The van der Waals surface area contributed by atoms with Crippen molar-refractivity contribution in [1.29, 1.82) is 0 Å². The number of urea groups is 1. The molecule has 3 amide bonds. The molecule has 0 bridgehead atoms. The molecule has 2 rings (SSSR count). The van der Waals surface area contributed by atoms with E-state index in [4.69, 9.17) is 0 Å². The summed E-state index contributed by atoms with van der Waals surface area (Å²) in [6, 6.07) is -0.00259. The average Bonchev–Trinajstić information content (AvgIpc) is 2.77. The van der Waals surface area contributed by atoms with Crippen LogP contribution in [0, 0.1) is 19.8 Å². The van der Waals surface area contributed by atoms with Gasteiger partial charge in [-0.1, -0.05) is 26.7 Å². The number of amides is 3. The number of hydrogen-bond donors (Lipinski definition) is 3. The van der Waals surface area contributed by atoms with Crippen LogP contribution in [0.1, 0.15) is 62.5 Å². The largest absolute Gasteiger partial charge is 0.354 e. The maximum atomic E-state index is 12.7. The second-order valence-corrected chi connectivity index (χ2v) is 7.08. The molecule has 0 aliphatic carbocycles. The van der Waals surface area contributed by atoms with Crippen molar-refractivity contribution in [2.24, 2.45) is 5.92 Å². The van der Waals surface area contributed by atoms with Crippen molar-refractivity contribution in [2.75, 3.05) is 19.6 Å². The van der Waals surface area contributed by atoms with Gasteiger partial charge in [0.05, 0.1) is 11.7 Å². The zero-order valence-electron chi connectivity index (χ0n) is 15.8. The van der Waals surface area contributed by atoms with Gasteiger partial charge in [-0.15, -0.1) is 0 Å². The van der Waals surface area contributed by atoms with Crippen molar-refractivity contribution < 1.29 is 9.59 Å². The van der Waals surface area contributed by atoms with Gasteiger partial charge in [-0.05, 0) is 26.7 Å². The van der Waals surface area contributed by atoms with Crippen molar-refractivity contribution in [2.45, 2.75) is 59.4 Å². The minimum atomic E-state index is -0.0642. The number of likely N-dealkylation sites (tertiary alicyclic amines) is 1. The smallest absolute Gasteiger partial charge is 0.317 e. The Labute approximate surface area is 149 Å². The monoisotopic (exact) mass is 349 g/mol. The molecule has 7 nitrogen and oxygen atoms in total. The van der Waals surface area contributed by atoms with E-state index in [0.717, 1.165) is 49.2 Å². The second kappa shape index (κ2) is 8.87. The Balaban J connectivity index is 1.98. The molecule has 1 saturated heterocycles. The average molecular weight is 349 g/mol. The normalized spacial score (nSPS) is 18.1. The van der Waals surface area contributed by atoms with E-state index < -0.39 is 0 Å². The van der Waals surface area contributed by atoms with E-state index in [1.807, 2.05) is 32.6 Å². The minimum absolute atomic E-state index is 0.00606. The number of nitrogens with one attached hydrogen (secondary N) is 3. The third-order valence-corrected chi connectivity index (χ3v) is 4.76. The zero-order valence-corrected chi connectivity index (χ0v) is 15.8. The summed E-state index contributed by atoms with van der Waals surface area (Å²) >= 11 is 0. The van der Waals surface area contributed by atoms with Gasteiger partial charge in [-0.3, -0.25) is 9.89 Å². The first-order chi connectivity index (χ1) is 11.9. The van der Waals surface area contributed by atoms with E-state index >= 15 is 0 Å². The predicted molar refractivity (Wildman–Crippen MR) is 97.2 cm³/mol. The molecule has 2 heterocycles. The lowest BCUT2D eigenvalue weighted by Crippen LogP contribution is -2.45. The summed E-state index contributed by atoms with van der Waals surface area (Å²) in [6.45, 7) is 9.34. The highest BCUT2D eigenvalue weighted by Gasteiger charge is 2.29. The molecular formula is C18H31N5O2. The quantitative estimate of drug-likeness (QED) is 0.713. The molecule has 1 aromatic heterocycles. The molecule has 1 aromatic rings. The van der Waals surface area contributed by atoms with Gasteiger partial charge in [-0.2, -0.15) is 5.10 Å². The van der Waals surface area contributed by atoms with Crippen molar-refractivity contribution in [3.63, 3.8) is 0 Å². The topological polar surface area (TPSA) is 90.1 Å². The maximum Gasteiger partial charge on any atom is 0.317 e. The first kappa shape index (κ1) is 19.3. The van der Waals surface area contributed by atoms with Crippen LogP contribution < -0.4 is 10.6 Å². The molecule has 0 radical (unpaired) electrons. The lowest BCUT2D eigenvalue weighted by Gasteiger charge is -2.30. The summed E-state index contributed by atoms with van der Waals surface area (Å²) < 4.78 is 0. The number of carbonyl (C=O) groups is 2. The van der Waals surface area contributed by atoms with Gasteiger partial charge in [0, 0.05) is 36.8 Å². The Bertz CT molecular complexity index is 577. The SMILES string of the molecule is Cc1n[nH]c(C)c1C1CCCCCN1C(=O)NCCNC(=O)C(C)C. The van der Waals surface area contributed by atoms with Crippen molar-refractivity contribution in [1.82, 2.24) is 25.7 Å². The molecule has 3 N–H and O–H groups in total. The van der Waals surface area contributed by atoms with Crippen LogP contribution in [0.4, 0.5) is 4.79 Å². The fourth-order valence-corrected chi connectivity index (χ4v) is 3.36. The second-order valence-electron chi connectivity index (χ2n) is 7.08. The Kier molecular flexibility index (Phi) is 6.84. The van der Waals surface area contributed by atoms with Gasteiger partial charge in [0.25, 0.3) is 0 Å². The number of aromatic nitrogens is 2. The summed E-state index contributed by atoms with van der Waals surface area (Å²) in [4.78, 5) is 26.2. The number of nitrogens with zero attached hydrogens (tertiary/aromatic N) is 2. The summed E-state index contributed by atoms with van der Waals surface area (Å²) in [5, 5.41) is 13.1. The van der Waals surface area contributed by atoms with Gasteiger partial charge in [0.15, 0.2) is 0 Å². The lowest BCUT2D eigenvalue weighted by molar-refractivity contribution is -0.123. The molecule has 0 saturated carbocycles. The maximum absolute atomic E-state index is 12.7. The summed E-state index contributed by atoms with van der Waals surface area (Å²) in [5.41, 5.74) is 3.14. The molecule has 1 unspecified atom stereocenters. The number of aromatic amines is 1. The first-order valence-corrected chi connectivity index (χ1v) is 9.25. The number of hydrogen-bond acceptors (Lipinski definition) is 3. The van der Waals surface area contributed by atoms with Gasteiger partial charge in [0.2, 0.25) is 5.91 Å². The Morgan fingerprint density at radius 2 is 1.92 bits per heavy atom. The third-order valence-electron chi connectivity index (χ3n) is 4.76. The van der Waals surface area contributed by atoms with Crippen LogP contribution in [0.15, 0.2) is 0 Å². The van der Waals surface area contributed by atoms with Gasteiger partial charge in [0.1, 0.15) is 0 Å². The van der Waals surface area contributed by atoms with Crippen LogP contribution in [0.25, 0.3) is 0 Å². The molecular weight excluding hydrogens is 318 g/mol. The summed E-state index contributed by atoms with van der Waals surface area (Å²) in [7, 11) is 0. The molecule has 1 aliphatic rings. The van der Waals surface area contributed by atoms with Crippen molar-refractivity contribution >= 4 is 11.9 Å². The zero-order chi connectivity index (χ0) is 18.4. The van der Waals surface area contributed by atoms with E-state index in [1.165, 1.54) is 0 Å². The van der Waals surface area contributed by atoms with Crippen LogP contribution >= 0.6 is 0 Å². The molecule has 25 heavy (non-hydrogen) atoms. The molecule has 0 spiro atoms. The Morgan fingerprint density at radius 3 is 2.56 bits per heavy atom. The summed E-state index contributed by atoms with van der Waals surface area (Å²) in [6.07, 6.45) is 4.23. The molecule has 0 aromatic carbocycles. The first-order valence-electron chi connectivity index (χ1n) is 9.25. The third kappa shape index (κ3) is 4.96. The van der Waals surface area contributed by atoms with Crippen molar-refractivity contribution in [3.05, 3.63) is 17.0 Å². The molecule has 1 fully saturated rings. The fourth-order valence-electron chi connectivity index (χ4n) is 3.36. The Hall–Kier alpha value is -2.05. The number of H-pyrrole nitrogens is 1. The fraction of sp³-hybridized carbons (Fsp3) is 0.722. The van der Waals surface area contributed by atoms with Gasteiger partial charge >= 0.3 is 6.03 Å². The standard InChI is InChI=1S/C18H31N5O2/c1-12(2)17(24)19-9-10-20-18(25)23-11-7-5-6-8-15(23)16-13(3)21-22-14(16)4/h12,15H,5-11H2,1-4H3,(H,19,24)(H,20,25)(H,21,22). The highest BCUT2D eigenvalue weighted by molar-refractivity contribution is 5.78. The van der Waals surface area contributed by atoms with Gasteiger partial charge < -0.3 is 15.5 Å². The Morgan fingerprint density at radius 1 is 1.20 bits per heavy atom. The highest BCUT2D eigenvalue weighted by atomic mass is 16.2. The van der Waals surface area contributed by atoms with Crippen LogP contribution in [-0.4, -0.2) is 46.7 Å². The summed E-state index contributed by atoms with van der Waals surface area (Å²) in [5.74, 6) is -0.0377. The highest BCUT2D eigenvalue weighted by Crippen LogP contribution is 2.33. The van der Waals surface area contributed by atoms with E-state index in [9.17, 15) is 9.59 Å². The number of aryl methyl sites for hydroxylation is 2. The van der Waals surface area contributed by atoms with E-state index in [2.05, 4.69) is 20.8 Å². The number of carbonyl (C=O) groups excluding carboxylic acids is 2. The lowest BCUT2D eigenvalue weighted by atomic mass is 9.99. The van der Waals surface area contributed by atoms with Crippen molar-refractivity contribution in [3.8, 4) is 0 Å². The van der Waals surface area contributed by atoms with Gasteiger partial charge in [-0.25, -0.2) is 4.79 Å². The minimum Gasteiger partial charge on any atom is -0.354 e. The van der Waals surface area contributed by atoms with Crippen LogP contribution in [0.5, 0.6) is 0 Å². The molecule has 1 aliphatic heterocycles. The number of rotatable bonds is 5.